The maximum atomic E-state index is 14.5. The van der Waals surface area contributed by atoms with E-state index in [1.165, 1.54) is 41.1 Å². The number of amides is 5. The van der Waals surface area contributed by atoms with Crippen LogP contribution >= 0.6 is 11.8 Å². The SMILES string of the molecule is CC1(C)CCC(CN2CCN(c3ccc(C(=O)NS(=O)(=O)c4ccc(N[C@H](CCN5CCN(CCOCCOCCNc6cccc7c6C(=O)N(C6CCC(=O)NC6=O)C7=O)CC5)CSc5ccccc5)c(S(=O)(=O)C(F)(F)F)c4)cc3)CC2)=C(C23CC(C(F)F)(C2)C3)C1. The summed E-state index contributed by atoms with van der Waals surface area (Å²) in [5.41, 5.74) is -2.69. The molecule has 4 aliphatic carbocycles. The Hall–Kier alpha value is -6.53. The smallest absolute Gasteiger partial charge is 0.382 e. The lowest BCUT2D eigenvalue weighted by atomic mass is 9.32. The molecule has 3 saturated heterocycles. The van der Waals surface area contributed by atoms with Gasteiger partial charge in [-0.2, -0.15) is 13.2 Å². The number of sulfone groups is 1. The van der Waals surface area contributed by atoms with E-state index in [1.807, 2.05) is 35.1 Å². The van der Waals surface area contributed by atoms with E-state index in [0.29, 0.717) is 122 Å². The van der Waals surface area contributed by atoms with E-state index in [4.69, 9.17) is 9.47 Å². The number of ether oxygens (including phenoxy) is 2. The largest absolute Gasteiger partial charge is 0.501 e. The first-order chi connectivity index (χ1) is 44.7. The third-order valence-electron chi connectivity index (χ3n) is 19.5. The van der Waals surface area contributed by atoms with E-state index in [1.54, 1.807) is 24.3 Å². The Morgan fingerprint density at radius 2 is 1.43 bits per heavy atom. The van der Waals surface area contributed by atoms with E-state index in [2.05, 4.69) is 49.4 Å². The molecule has 20 nitrogen and oxygen atoms in total. The molecule has 2 bridgehead atoms. The fourth-order valence-corrected chi connectivity index (χ4v) is 17.3. The van der Waals surface area contributed by atoms with Gasteiger partial charge in [0.15, 0.2) is 0 Å². The topological polar surface area (TPSA) is 236 Å². The monoisotopic (exact) mass is 1370 g/mol. The highest BCUT2D eigenvalue weighted by atomic mass is 32.2. The second kappa shape index (κ2) is 28.3. The molecule has 4 aliphatic heterocycles. The Kier molecular flexibility index (Phi) is 20.7. The van der Waals surface area contributed by atoms with Crippen LogP contribution in [0.4, 0.5) is 39.0 Å². The number of fused-ring (bicyclic) bond motifs is 1. The molecule has 1 unspecified atom stereocenters. The number of rotatable bonds is 28. The molecule has 4 aromatic carbocycles. The van der Waals surface area contributed by atoms with E-state index in [-0.39, 0.29) is 47.0 Å². The number of allylic oxidation sites excluding steroid dienone is 1. The van der Waals surface area contributed by atoms with Gasteiger partial charge in [-0.3, -0.25) is 44.0 Å². The molecule has 5 amide bonds. The van der Waals surface area contributed by atoms with E-state index in [9.17, 15) is 62.8 Å². The van der Waals surface area contributed by atoms with Crippen molar-refractivity contribution in [3.63, 3.8) is 0 Å². The van der Waals surface area contributed by atoms with Crippen molar-refractivity contribution < 1.29 is 72.2 Å². The second-order valence-corrected chi connectivity index (χ2v) is 31.2. The van der Waals surface area contributed by atoms with Crippen LogP contribution in [0.3, 0.4) is 0 Å². The van der Waals surface area contributed by atoms with Crippen LogP contribution in [-0.2, 0) is 38.9 Å². The fraction of sp³-hybridized carbons (Fsp3) is 0.530. The number of benzene rings is 4. The normalized spacial score (nSPS) is 23.2. The first-order valence-corrected chi connectivity index (χ1v) is 35.9. The van der Waals surface area contributed by atoms with Gasteiger partial charge < -0.3 is 29.9 Å². The number of nitrogens with zero attached hydrogens (tertiary/aromatic N) is 5. The summed E-state index contributed by atoms with van der Waals surface area (Å²) in [6, 6.07) is 21.1. The first-order valence-electron chi connectivity index (χ1n) is 32.0. The summed E-state index contributed by atoms with van der Waals surface area (Å²) >= 11 is 1.42. The van der Waals surface area contributed by atoms with Crippen LogP contribution < -0.4 is 25.6 Å². The Bertz CT molecular complexity index is 3730. The number of alkyl halides is 5. The Balaban J connectivity index is 0.638. The maximum absolute atomic E-state index is 14.5. The second-order valence-electron chi connectivity index (χ2n) is 26.5. The van der Waals surface area contributed by atoms with Gasteiger partial charge in [0.05, 0.1) is 48.1 Å². The van der Waals surface area contributed by atoms with Crippen LogP contribution in [0.15, 0.2) is 117 Å². The molecule has 8 aliphatic rings. The zero-order valence-corrected chi connectivity index (χ0v) is 55.1. The van der Waals surface area contributed by atoms with Crippen LogP contribution in [-0.4, -0.2) is 201 Å². The number of carbonyl (C=O) groups excluding carboxylic acids is 5. The molecule has 28 heteroatoms. The number of carbonyl (C=O) groups is 5. The average Bonchev–Trinajstić information content (AvgIpc) is 0.705. The predicted octanol–water partition coefficient (Wildman–Crippen LogP) is 8.29. The number of piperazine rings is 2. The molecule has 6 fully saturated rings. The molecule has 94 heavy (non-hydrogen) atoms. The van der Waals surface area contributed by atoms with Crippen LogP contribution in [0, 0.1) is 16.2 Å². The van der Waals surface area contributed by atoms with Crippen molar-refractivity contribution in [2.45, 2.75) is 110 Å². The van der Waals surface area contributed by atoms with Crippen LogP contribution in [0.25, 0.3) is 0 Å². The molecule has 0 spiro atoms. The minimum Gasteiger partial charge on any atom is -0.382 e. The zero-order chi connectivity index (χ0) is 66.8. The molecule has 4 N–H and O–H groups in total. The van der Waals surface area contributed by atoms with Crippen LogP contribution in [0.5, 0.6) is 0 Å². The lowest BCUT2D eigenvalue weighted by Gasteiger charge is -2.72. The summed E-state index contributed by atoms with van der Waals surface area (Å²) < 4.78 is 139. The molecule has 4 aromatic rings. The standard InChI is InChI=1S/C66H80F5N9O11S3/c1-63(2)21-19-45(51(38-63)64-41-65(42-64,43-64)62(67)68)39-78-28-30-79(31-29-78)47-13-11-44(12-14-47)58(82)75-94(88,89)49-15-16-52(55(37-49)93(86,87)66(69,70)71)73-46(40-92-48-7-4-3-5-8-48)20-23-76-24-26-77(27-25-76)32-34-91-36-35-90-33-22-72-53-10-6-9-50-57(53)61(85)80(60(50)84)54-17-18-56(81)74-59(54)83/h3-16,37,46,54,62,72-73H,17-36,38-43H2,1-2H3,(H,75,82)(H,74,81,83)/t46-,54?,64?,65?/m1/s1. The van der Waals surface area contributed by atoms with E-state index >= 15 is 0 Å². The van der Waals surface area contributed by atoms with Crippen molar-refractivity contribution in [1.29, 1.82) is 0 Å². The Morgan fingerprint density at radius 1 is 0.755 bits per heavy atom. The van der Waals surface area contributed by atoms with Gasteiger partial charge in [-0.15, -0.1) is 11.8 Å². The summed E-state index contributed by atoms with van der Waals surface area (Å²) in [5.74, 6) is -3.11. The molecule has 4 heterocycles. The Labute approximate surface area is 549 Å². The van der Waals surface area contributed by atoms with E-state index < -0.39 is 94.3 Å². The van der Waals surface area contributed by atoms with Gasteiger partial charge in [0.2, 0.25) is 18.2 Å². The third-order valence-corrected chi connectivity index (χ3v) is 23.5. The average molecular weight is 1370 g/mol. The number of piperidine rings is 1. The molecule has 0 radical (unpaired) electrons. The fourth-order valence-electron chi connectivity index (χ4n) is 14.3. The molecular formula is C66H80F5N9O11S3. The summed E-state index contributed by atoms with van der Waals surface area (Å²) in [6.45, 7) is 13.7. The number of nitrogens with one attached hydrogen (secondary N) is 4. The van der Waals surface area contributed by atoms with Crippen molar-refractivity contribution in [3.8, 4) is 0 Å². The maximum Gasteiger partial charge on any atom is 0.501 e. The van der Waals surface area contributed by atoms with Gasteiger partial charge in [-0.05, 0) is 129 Å². The number of hydrogen-bond acceptors (Lipinski definition) is 18. The van der Waals surface area contributed by atoms with Gasteiger partial charge in [-0.1, -0.05) is 49.3 Å². The molecule has 0 aromatic heterocycles. The van der Waals surface area contributed by atoms with Gasteiger partial charge in [0, 0.05) is 124 Å². The minimum atomic E-state index is -6.15. The molecule has 508 valence electrons. The molecular weight excluding hydrogens is 1290 g/mol. The summed E-state index contributed by atoms with van der Waals surface area (Å²) in [5, 5.41) is 8.36. The number of hydrogen-bond donors (Lipinski definition) is 4. The third kappa shape index (κ3) is 15.2. The highest BCUT2D eigenvalue weighted by molar-refractivity contribution is 7.99. The first kappa shape index (κ1) is 68.8. The lowest BCUT2D eigenvalue weighted by Crippen LogP contribution is -2.66. The molecule has 3 saturated carbocycles. The van der Waals surface area contributed by atoms with Crippen molar-refractivity contribution in [3.05, 3.63) is 119 Å². The molecule has 2 atom stereocenters. The van der Waals surface area contributed by atoms with Crippen LogP contribution in [0.2, 0.25) is 0 Å². The molecule has 12 rings (SSSR count). The van der Waals surface area contributed by atoms with Crippen molar-refractivity contribution in [2.75, 3.05) is 126 Å². The zero-order valence-electron chi connectivity index (χ0n) is 52.6. The predicted molar refractivity (Wildman–Crippen MR) is 344 cm³/mol. The number of halogens is 5. The number of anilines is 3. The van der Waals surface area contributed by atoms with Crippen molar-refractivity contribution in [2.24, 2.45) is 16.2 Å². The Morgan fingerprint density at radius 3 is 2.10 bits per heavy atom. The van der Waals surface area contributed by atoms with Crippen molar-refractivity contribution >= 4 is 78.2 Å². The number of thioether (sulfide) groups is 1. The highest BCUT2D eigenvalue weighted by Crippen LogP contribution is 2.79. The van der Waals surface area contributed by atoms with Gasteiger partial charge in [0.25, 0.3) is 37.6 Å². The van der Waals surface area contributed by atoms with Gasteiger partial charge in [0.1, 0.15) is 10.9 Å². The minimum absolute atomic E-state index is 0.0188. The quantitative estimate of drug-likeness (QED) is 0.0138. The number of sulfonamides is 1. The van der Waals surface area contributed by atoms with Gasteiger partial charge >= 0.3 is 5.51 Å². The van der Waals surface area contributed by atoms with E-state index in [0.717, 1.165) is 66.5 Å². The van der Waals surface area contributed by atoms with Crippen molar-refractivity contribution in [1.82, 2.24) is 29.6 Å². The van der Waals surface area contributed by atoms with Crippen LogP contribution in [0.1, 0.15) is 103 Å². The summed E-state index contributed by atoms with van der Waals surface area (Å²) in [6.07, 6.45) is 2.88. The summed E-state index contributed by atoms with van der Waals surface area (Å²) in [4.78, 5) is 72.8. The highest BCUT2D eigenvalue weighted by Gasteiger charge is 2.73. The number of imide groups is 2. The lowest BCUT2D eigenvalue weighted by molar-refractivity contribution is -0.250. The summed E-state index contributed by atoms with van der Waals surface area (Å²) in [7, 11) is -11.1. The van der Waals surface area contributed by atoms with Gasteiger partial charge in [-0.25, -0.2) is 30.3 Å².